The van der Waals surface area contributed by atoms with Crippen molar-refractivity contribution in [2.45, 2.75) is 39.5 Å². The van der Waals surface area contributed by atoms with E-state index in [2.05, 4.69) is 50.0 Å². The molecule has 0 aliphatic rings. The van der Waals surface area contributed by atoms with E-state index in [0.29, 0.717) is 26.1 Å². The van der Waals surface area contributed by atoms with Gasteiger partial charge in [-0.1, -0.05) is 19.8 Å². The molecule has 2 N–H and O–H groups in total. The number of carboxylic acids is 1. The number of aromatic amines is 1. The number of halogens is 2. The number of H-pyrrole nitrogens is 1. The minimum atomic E-state index is -1.50. The van der Waals surface area contributed by atoms with Crippen LogP contribution in [0.3, 0.4) is 0 Å². The van der Waals surface area contributed by atoms with Crippen molar-refractivity contribution in [3.8, 4) is 11.5 Å². The number of carbonyl (C=O) groups excluding carboxylic acids is 1. The highest BCUT2D eigenvalue weighted by atomic mass is 79.9. The third kappa shape index (κ3) is 5.30. The van der Waals surface area contributed by atoms with Gasteiger partial charge in [0.25, 0.3) is 0 Å². The van der Waals surface area contributed by atoms with Gasteiger partial charge in [-0.25, -0.2) is 4.79 Å². The molecule has 0 radical (unpaired) electrons. The number of carboxylic acid groups (broad SMARTS) is 1. The lowest BCUT2D eigenvalue weighted by Crippen LogP contribution is -2.36. The van der Waals surface area contributed by atoms with Crippen LogP contribution in [0, 0.1) is 0 Å². The molecule has 3 rings (SSSR count). The third-order valence-corrected chi connectivity index (χ3v) is 6.23. The highest BCUT2D eigenvalue weighted by molar-refractivity contribution is 9.11. The summed E-state index contributed by atoms with van der Waals surface area (Å²) in [5, 5.41) is 10.2. The summed E-state index contributed by atoms with van der Waals surface area (Å²) < 4.78 is 7.35. The fraction of sp³-hybridized carbons (Fsp3) is 0.304. The maximum atomic E-state index is 12.0. The van der Waals surface area contributed by atoms with Crippen LogP contribution in [0.25, 0.3) is 10.9 Å². The van der Waals surface area contributed by atoms with Crippen molar-refractivity contribution in [3.05, 3.63) is 51.0 Å². The van der Waals surface area contributed by atoms with Crippen molar-refractivity contribution in [1.82, 2.24) is 4.98 Å². The van der Waals surface area contributed by atoms with Gasteiger partial charge < -0.3 is 19.7 Å². The number of aliphatic carboxylic acids is 1. The zero-order chi connectivity index (χ0) is 22.5. The topological polar surface area (TPSA) is 82.6 Å². The normalized spacial score (nSPS) is 11.0. The van der Waals surface area contributed by atoms with Gasteiger partial charge in [-0.2, -0.15) is 0 Å². The standard InChI is InChI=1S/C23H24Br2N2O4/c1-3-5-6-7-14-13-26-20-9-8-16(12-17(14)20)31-21-18(24)10-15(11-19(21)25)27(4-2)22(28)23(29)30/h8-13,26H,3-7H2,1-2H3,(H,29,30). The average Bonchev–Trinajstić information content (AvgIpc) is 3.13. The first-order valence-electron chi connectivity index (χ1n) is 10.2. The van der Waals surface area contributed by atoms with Crippen LogP contribution in [-0.4, -0.2) is 28.5 Å². The fourth-order valence-corrected chi connectivity index (χ4v) is 4.79. The number of hydrogen-bond donors (Lipinski definition) is 2. The molecule has 6 nitrogen and oxygen atoms in total. The van der Waals surface area contributed by atoms with Gasteiger partial charge in [0.05, 0.1) is 8.95 Å². The van der Waals surface area contributed by atoms with Crippen LogP contribution >= 0.6 is 31.9 Å². The Labute approximate surface area is 197 Å². The maximum Gasteiger partial charge on any atom is 0.394 e. The van der Waals surface area contributed by atoms with Crippen molar-refractivity contribution in [2.75, 3.05) is 11.4 Å². The summed E-state index contributed by atoms with van der Waals surface area (Å²) in [6.07, 6.45) is 6.61. The number of aryl methyl sites for hydroxylation is 1. The van der Waals surface area contributed by atoms with Crippen molar-refractivity contribution < 1.29 is 19.4 Å². The second-order valence-corrected chi connectivity index (χ2v) is 8.88. The van der Waals surface area contributed by atoms with E-state index in [9.17, 15) is 9.59 Å². The van der Waals surface area contributed by atoms with Crippen molar-refractivity contribution in [3.63, 3.8) is 0 Å². The molecule has 0 bridgehead atoms. The number of nitrogens with zero attached hydrogens (tertiary/aromatic N) is 1. The zero-order valence-electron chi connectivity index (χ0n) is 17.4. The molecule has 164 valence electrons. The highest BCUT2D eigenvalue weighted by Crippen LogP contribution is 2.41. The largest absolute Gasteiger partial charge is 0.474 e. The number of fused-ring (bicyclic) bond motifs is 1. The number of hydrogen-bond acceptors (Lipinski definition) is 3. The van der Waals surface area contributed by atoms with Crippen molar-refractivity contribution in [1.29, 1.82) is 0 Å². The smallest absolute Gasteiger partial charge is 0.394 e. The molecule has 0 aliphatic carbocycles. The van der Waals surface area contributed by atoms with Gasteiger partial charge >= 0.3 is 11.9 Å². The van der Waals surface area contributed by atoms with E-state index in [-0.39, 0.29) is 6.54 Å². The van der Waals surface area contributed by atoms with E-state index in [0.717, 1.165) is 23.7 Å². The Balaban J connectivity index is 1.88. The molecular weight excluding hydrogens is 528 g/mol. The first-order valence-corrected chi connectivity index (χ1v) is 11.8. The number of unbranched alkanes of at least 4 members (excludes halogenated alkanes) is 2. The van der Waals surface area contributed by atoms with Crippen LogP contribution < -0.4 is 9.64 Å². The van der Waals surface area contributed by atoms with Gasteiger partial charge in [0.2, 0.25) is 0 Å². The monoisotopic (exact) mass is 550 g/mol. The van der Waals surface area contributed by atoms with E-state index >= 15 is 0 Å². The number of benzene rings is 2. The van der Waals surface area contributed by atoms with Gasteiger partial charge in [-0.05, 0) is 87.5 Å². The number of carbonyl (C=O) groups is 2. The summed E-state index contributed by atoms with van der Waals surface area (Å²) in [6.45, 7) is 4.14. The number of anilines is 1. The van der Waals surface area contributed by atoms with Crippen LogP contribution in [0.5, 0.6) is 11.5 Å². The Hall–Kier alpha value is -2.32. The van der Waals surface area contributed by atoms with E-state index in [1.807, 2.05) is 18.2 Å². The minimum absolute atomic E-state index is 0.231. The van der Waals surface area contributed by atoms with Gasteiger partial charge in [0.15, 0.2) is 5.75 Å². The summed E-state index contributed by atoms with van der Waals surface area (Å²) in [4.78, 5) is 27.6. The van der Waals surface area contributed by atoms with Crippen LogP contribution in [0.15, 0.2) is 45.5 Å². The first-order chi connectivity index (χ1) is 14.8. The number of ether oxygens (including phenoxy) is 1. The predicted molar refractivity (Wildman–Crippen MR) is 129 cm³/mol. The molecule has 0 fully saturated rings. The minimum Gasteiger partial charge on any atom is -0.474 e. The number of rotatable bonds is 8. The number of likely N-dealkylation sites (N-methyl/N-ethyl adjacent to an activating group) is 1. The van der Waals surface area contributed by atoms with Crippen LogP contribution in [0.4, 0.5) is 5.69 Å². The fourth-order valence-electron chi connectivity index (χ4n) is 3.47. The molecule has 3 aromatic rings. The molecule has 1 amide bonds. The summed E-state index contributed by atoms with van der Waals surface area (Å²) in [7, 11) is 0. The van der Waals surface area contributed by atoms with Crippen molar-refractivity contribution in [2.24, 2.45) is 0 Å². The third-order valence-electron chi connectivity index (χ3n) is 5.05. The van der Waals surface area contributed by atoms with E-state index in [1.165, 1.54) is 23.3 Å². The maximum absolute atomic E-state index is 12.0. The predicted octanol–water partition coefficient (Wildman–Crippen LogP) is 6.66. The van der Waals surface area contributed by atoms with E-state index in [1.54, 1.807) is 19.1 Å². The summed E-state index contributed by atoms with van der Waals surface area (Å²) >= 11 is 6.98. The molecule has 31 heavy (non-hydrogen) atoms. The molecule has 0 aliphatic heterocycles. The number of nitrogens with one attached hydrogen (secondary N) is 1. The summed E-state index contributed by atoms with van der Waals surface area (Å²) in [5.41, 5.74) is 2.80. The Kier molecular flexibility index (Phi) is 7.78. The second kappa shape index (κ2) is 10.3. The summed E-state index contributed by atoms with van der Waals surface area (Å²) in [5.74, 6) is -1.25. The SMILES string of the molecule is CCCCCc1c[nH]c2ccc(Oc3c(Br)cc(N(CC)C(=O)C(=O)O)cc3Br)cc12. The molecule has 0 saturated heterocycles. The Morgan fingerprint density at radius 3 is 2.42 bits per heavy atom. The Morgan fingerprint density at radius 2 is 1.81 bits per heavy atom. The lowest BCUT2D eigenvalue weighted by molar-refractivity contribution is -0.148. The Bertz CT molecular complexity index is 1090. The highest BCUT2D eigenvalue weighted by Gasteiger charge is 2.23. The Morgan fingerprint density at radius 1 is 1.10 bits per heavy atom. The first kappa shape index (κ1) is 23.3. The molecule has 1 heterocycles. The molecule has 0 atom stereocenters. The number of amides is 1. The van der Waals surface area contributed by atoms with Crippen LogP contribution in [-0.2, 0) is 16.0 Å². The molecule has 0 unspecified atom stereocenters. The van der Waals surface area contributed by atoms with Gasteiger partial charge in [-0.3, -0.25) is 4.79 Å². The average molecular weight is 552 g/mol. The molecule has 0 saturated carbocycles. The van der Waals surface area contributed by atoms with E-state index in [4.69, 9.17) is 9.84 Å². The van der Waals surface area contributed by atoms with E-state index < -0.39 is 11.9 Å². The molecule has 0 spiro atoms. The number of aromatic nitrogens is 1. The molecule has 8 heteroatoms. The van der Waals surface area contributed by atoms with Crippen molar-refractivity contribution >= 4 is 60.3 Å². The lowest BCUT2D eigenvalue weighted by atomic mass is 10.1. The van der Waals surface area contributed by atoms with Gasteiger partial charge in [0.1, 0.15) is 5.75 Å². The van der Waals surface area contributed by atoms with Gasteiger partial charge in [-0.15, -0.1) is 0 Å². The quantitative estimate of drug-likeness (QED) is 0.242. The summed E-state index contributed by atoms with van der Waals surface area (Å²) in [6, 6.07) is 9.26. The van der Waals surface area contributed by atoms with Gasteiger partial charge in [0, 0.05) is 29.3 Å². The van der Waals surface area contributed by atoms with Crippen LogP contribution in [0.2, 0.25) is 0 Å². The second-order valence-electron chi connectivity index (χ2n) is 7.17. The zero-order valence-corrected chi connectivity index (χ0v) is 20.5. The van der Waals surface area contributed by atoms with Crippen LogP contribution in [0.1, 0.15) is 38.7 Å². The molecule has 2 aromatic carbocycles. The molecule has 1 aromatic heterocycles. The molecular formula is C23H24Br2N2O4. The lowest BCUT2D eigenvalue weighted by Gasteiger charge is -2.20.